The number of hydrogen-bond acceptors (Lipinski definition) is 4. The van der Waals surface area contributed by atoms with E-state index in [1.54, 1.807) is 28.8 Å². The van der Waals surface area contributed by atoms with Gasteiger partial charge in [-0.05, 0) is 48.9 Å². The minimum atomic E-state index is -0.304. The Labute approximate surface area is 166 Å². The summed E-state index contributed by atoms with van der Waals surface area (Å²) in [6, 6.07) is 13.3. The van der Waals surface area contributed by atoms with Gasteiger partial charge in [0.1, 0.15) is 5.82 Å². The number of thioether (sulfide) groups is 1. The van der Waals surface area contributed by atoms with E-state index in [1.807, 2.05) is 26.1 Å². The molecule has 0 bridgehead atoms. The summed E-state index contributed by atoms with van der Waals surface area (Å²) in [4.78, 5) is 12.2. The van der Waals surface area contributed by atoms with Crippen molar-refractivity contribution >= 4 is 29.3 Å². The topological polar surface area (TPSA) is 59.8 Å². The fraction of sp³-hybridized carbons (Fsp3) is 0.211. The van der Waals surface area contributed by atoms with E-state index < -0.39 is 0 Å². The van der Waals surface area contributed by atoms with Crippen molar-refractivity contribution in [1.29, 1.82) is 0 Å². The van der Waals surface area contributed by atoms with Gasteiger partial charge in [0.2, 0.25) is 5.91 Å². The third-order valence-corrected chi connectivity index (χ3v) is 5.29. The summed E-state index contributed by atoms with van der Waals surface area (Å²) in [5.41, 5.74) is 1.74. The van der Waals surface area contributed by atoms with Gasteiger partial charge in [-0.15, -0.1) is 10.2 Å². The zero-order valence-electron chi connectivity index (χ0n) is 14.8. The molecular weight excluding hydrogens is 387 g/mol. The molecule has 1 N–H and O–H groups in total. The van der Waals surface area contributed by atoms with Gasteiger partial charge in [-0.1, -0.05) is 35.5 Å². The molecule has 1 atom stereocenters. The van der Waals surface area contributed by atoms with E-state index in [4.69, 9.17) is 11.6 Å². The average molecular weight is 405 g/mol. The van der Waals surface area contributed by atoms with Crippen molar-refractivity contribution in [2.75, 3.05) is 5.75 Å². The second-order valence-corrected chi connectivity index (χ2v) is 7.38. The van der Waals surface area contributed by atoms with Crippen LogP contribution in [0.3, 0.4) is 0 Å². The highest BCUT2D eigenvalue weighted by Crippen LogP contribution is 2.23. The van der Waals surface area contributed by atoms with Crippen LogP contribution in [-0.2, 0) is 11.8 Å². The van der Waals surface area contributed by atoms with Crippen LogP contribution in [0.1, 0.15) is 18.5 Å². The number of aromatic nitrogens is 3. The number of nitrogens with zero attached hydrogens (tertiary/aromatic N) is 3. The van der Waals surface area contributed by atoms with Gasteiger partial charge in [-0.25, -0.2) is 4.39 Å². The Morgan fingerprint density at radius 2 is 1.85 bits per heavy atom. The zero-order chi connectivity index (χ0) is 19.4. The third kappa shape index (κ3) is 4.87. The summed E-state index contributed by atoms with van der Waals surface area (Å²) in [6.45, 7) is 1.92. The fourth-order valence-electron chi connectivity index (χ4n) is 2.54. The molecule has 0 fully saturated rings. The molecule has 0 unspecified atom stereocenters. The molecule has 8 heteroatoms. The van der Waals surface area contributed by atoms with Crippen LogP contribution < -0.4 is 5.32 Å². The summed E-state index contributed by atoms with van der Waals surface area (Å²) in [5, 5.41) is 12.5. The molecular formula is C19H18ClFN4OS. The molecule has 140 valence electrons. The first-order valence-electron chi connectivity index (χ1n) is 8.27. The molecule has 1 aromatic heterocycles. The summed E-state index contributed by atoms with van der Waals surface area (Å²) < 4.78 is 14.9. The number of halogens is 2. The predicted molar refractivity (Wildman–Crippen MR) is 105 cm³/mol. The van der Waals surface area contributed by atoms with Gasteiger partial charge in [0.25, 0.3) is 0 Å². The molecule has 0 aliphatic heterocycles. The van der Waals surface area contributed by atoms with Gasteiger partial charge in [-0.2, -0.15) is 0 Å². The van der Waals surface area contributed by atoms with Crippen molar-refractivity contribution in [3.8, 4) is 11.4 Å². The van der Waals surface area contributed by atoms with E-state index in [1.165, 1.54) is 23.9 Å². The van der Waals surface area contributed by atoms with Gasteiger partial charge in [-0.3, -0.25) is 4.79 Å². The SMILES string of the molecule is C[C@@H](NC(=O)CSc1nnc(-c2ccc(F)cc2)n1C)c1ccc(Cl)cc1. The Hall–Kier alpha value is -2.38. The van der Waals surface area contributed by atoms with Crippen molar-refractivity contribution < 1.29 is 9.18 Å². The maximum atomic E-state index is 13.1. The first-order chi connectivity index (χ1) is 12.9. The summed E-state index contributed by atoms with van der Waals surface area (Å²) in [7, 11) is 1.81. The maximum Gasteiger partial charge on any atom is 0.230 e. The van der Waals surface area contributed by atoms with Gasteiger partial charge in [0.05, 0.1) is 11.8 Å². The minimum absolute atomic E-state index is 0.103. The number of amides is 1. The minimum Gasteiger partial charge on any atom is -0.349 e. The highest BCUT2D eigenvalue weighted by molar-refractivity contribution is 7.99. The molecule has 2 aromatic carbocycles. The largest absolute Gasteiger partial charge is 0.349 e. The van der Waals surface area contributed by atoms with Crippen LogP contribution in [0.15, 0.2) is 53.7 Å². The lowest BCUT2D eigenvalue weighted by Gasteiger charge is -2.14. The van der Waals surface area contributed by atoms with Crippen molar-refractivity contribution in [1.82, 2.24) is 20.1 Å². The summed E-state index contributed by atoms with van der Waals surface area (Å²) in [6.07, 6.45) is 0. The standard InChI is InChI=1S/C19H18ClFN4OS/c1-12(13-3-7-15(20)8-4-13)22-17(26)11-27-19-24-23-18(25(19)2)14-5-9-16(21)10-6-14/h3-10,12H,11H2,1-2H3,(H,22,26)/t12-/m1/s1. The zero-order valence-corrected chi connectivity index (χ0v) is 16.4. The maximum absolute atomic E-state index is 13.1. The first-order valence-corrected chi connectivity index (χ1v) is 9.63. The lowest BCUT2D eigenvalue weighted by molar-refractivity contribution is -0.119. The highest BCUT2D eigenvalue weighted by atomic mass is 35.5. The van der Waals surface area contributed by atoms with E-state index in [0.717, 1.165) is 11.1 Å². The Morgan fingerprint density at radius 3 is 2.52 bits per heavy atom. The summed E-state index contributed by atoms with van der Waals surface area (Å²) >= 11 is 7.18. The molecule has 0 saturated heterocycles. The Bertz CT molecular complexity index is 928. The molecule has 0 radical (unpaired) electrons. The summed E-state index contributed by atoms with van der Waals surface area (Å²) in [5.74, 6) is 0.427. The van der Waals surface area contributed by atoms with Crippen LogP contribution >= 0.6 is 23.4 Å². The average Bonchev–Trinajstić information content (AvgIpc) is 3.02. The van der Waals surface area contributed by atoms with Crippen LogP contribution in [0, 0.1) is 5.82 Å². The molecule has 27 heavy (non-hydrogen) atoms. The normalized spacial score (nSPS) is 12.0. The fourth-order valence-corrected chi connectivity index (χ4v) is 3.39. The Morgan fingerprint density at radius 1 is 1.19 bits per heavy atom. The van der Waals surface area contributed by atoms with Crippen molar-refractivity contribution in [3.63, 3.8) is 0 Å². The van der Waals surface area contributed by atoms with Gasteiger partial charge < -0.3 is 9.88 Å². The molecule has 1 amide bonds. The van der Waals surface area contributed by atoms with Crippen LogP contribution in [0.5, 0.6) is 0 Å². The molecule has 0 aliphatic carbocycles. The molecule has 0 saturated carbocycles. The van der Waals surface area contributed by atoms with Gasteiger partial charge >= 0.3 is 0 Å². The lowest BCUT2D eigenvalue weighted by atomic mass is 10.1. The van der Waals surface area contributed by atoms with Crippen LogP contribution in [0.25, 0.3) is 11.4 Å². The van der Waals surface area contributed by atoms with E-state index in [2.05, 4.69) is 15.5 Å². The van der Waals surface area contributed by atoms with Crippen LogP contribution in [-0.4, -0.2) is 26.4 Å². The monoisotopic (exact) mass is 404 g/mol. The highest BCUT2D eigenvalue weighted by Gasteiger charge is 2.14. The van der Waals surface area contributed by atoms with E-state index in [-0.39, 0.29) is 23.5 Å². The van der Waals surface area contributed by atoms with Crippen LogP contribution in [0.4, 0.5) is 4.39 Å². The molecule has 1 heterocycles. The number of hydrogen-bond donors (Lipinski definition) is 1. The molecule has 5 nitrogen and oxygen atoms in total. The third-order valence-electron chi connectivity index (χ3n) is 4.02. The molecule has 3 aromatic rings. The Kier molecular flexibility index (Phi) is 6.13. The molecule has 3 rings (SSSR count). The van der Waals surface area contributed by atoms with E-state index >= 15 is 0 Å². The number of nitrogens with one attached hydrogen (secondary N) is 1. The second-order valence-electron chi connectivity index (χ2n) is 6.00. The van der Waals surface area contributed by atoms with Gasteiger partial charge in [0.15, 0.2) is 11.0 Å². The van der Waals surface area contributed by atoms with Crippen LogP contribution in [0.2, 0.25) is 5.02 Å². The molecule has 0 spiro atoms. The number of rotatable bonds is 6. The number of carbonyl (C=O) groups is 1. The second kappa shape index (κ2) is 8.54. The van der Waals surface area contributed by atoms with Gasteiger partial charge in [0, 0.05) is 17.6 Å². The quantitative estimate of drug-likeness (QED) is 0.624. The van der Waals surface area contributed by atoms with Crippen molar-refractivity contribution in [3.05, 3.63) is 64.9 Å². The number of benzene rings is 2. The lowest BCUT2D eigenvalue weighted by Crippen LogP contribution is -2.28. The van der Waals surface area contributed by atoms with Crippen molar-refractivity contribution in [2.24, 2.45) is 7.05 Å². The predicted octanol–water partition coefficient (Wildman–Crippen LogP) is 4.24. The first kappa shape index (κ1) is 19.4. The molecule has 0 aliphatic rings. The number of carbonyl (C=O) groups excluding carboxylic acids is 1. The van der Waals surface area contributed by atoms with E-state index in [0.29, 0.717) is 16.0 Å². The Balaban J connectivity index is 1.59. The smallest absolute Gasteiger partial charge is 0.230 e. The van der Waals surface area contributed by atoms with E-state index in [9.17, 15) is 9.18 Å². The van der Waals surface area contributed by atoms with Crippen molar-refractivity contribution in [2.45, 2.75) is 18.1 Å².